The van der Waals surface area contributed by atoms with Crippen LogP contribution in [0.5, 0.6) is 5.75 Å². The van der Waals surface area contributed by atoms with Gasteiger partial charge in [-0.15, -0.1) is 0 Å². The van der Waals surface area contributed by atoms with Gasteiger partial charge in [-0.3, -0.25) is 19.4 Å². The van der Waals surface area contributed by atoms with Crippen LogP contribution >= 0.6 is 0 Å². The highest BCUT2D eigenvalue weighted by Gasteiger charge is 2.50. The molecule has 12 nitrogen and oxygen atoms in total. The zero-order chi connectivity index (χ0) is 32.1. The first-order chi connectivity index (χ1) is 21.1. The Hall–Kier alpha value is -3.38. The first-order valence-electron chi connectivity index (χ1n) is 16.2. The Balaban J connectivity index is 1.80. The van der Waals surface area contributed by atoms with Crippen LogP contribution in [0.1, 0.15) is 89.5 Å². The van der Waals surface area contributed by atoms with Crippen molar-refractivity contribution in [3.05, 3.63) is 29.8 Å². The minimum Gasteiger partial charge on any atom is -0.508 e. The fourth-order valence-electron chi connectivity index (χ4n) is 6.44. The van der Waals surface area contributed by atoms with Gasteiger partial charge in [0.15, 0.2) is 5.96 Å². The SMILES string of the molecule is CCCCCCCC(=O)NC(Cc1ccc(O)cc1)C(=O)N1C(C(=O)NC(CO)CCCN=C(N)N)CC2CCC(O)CC21. The number of likely N-dealkylation sites (tertiary alicyclic amines) is 1. The summed E-state index contributed by atoms with van der Waals surface area (Å²) < 4.78 is 0. The molecule has 0 radical (unpaired) electrons. The molecule has 3 rings (SSSR count). The third-order valence-corrected chi connectivity index (χ3v) is 8.79. The zero-order valence-electron chi connectivity index (χ0n) is 26.0. The molecule has 0 spiro atoms. The second-order valence-electron chi connectivity index (χ2n) is 12.3. The number of unbranched alkanes of at least 4 members (excludes halogenated alkanes) is 4. The fourth-order valence-corrected chi connectivity index (χ4v) is 6.44. The van der Waals surface area contributed by atoms with Crippen LogP contribution in [0.25, 0.3) is 0 Å². The number of carbonyl (C=O) groups excluding carboxylic acids is 3. The molecule has 2 fully saturated rings. The van der Waals surface area contributed by atoms with Gasteiger partial charge < -0.3 is 42.3 Å². The summed E-state index contributed by atoms with van der Waals surface area (Å²) in [4.78, 5) is 46.7. The molecule has 1 aliphatic carbocycles. The van der Waals surface area contributed by atoms with Crippen molar-refractivity contribution < 1.29 is 29.7 Å². The summed E-state index contributed by atoms with van der Waals surface area (Å²) in [6.07, 6.45) is 7.94. The van der Waals surface area contributed by atoms with Crippen molar-refractivity contribution in [3.63, 3.8) is 0 Å². The number of carbonyl (C=O) groups is 3. The lowest BCUT2D eigenvalue weighted by molar-refractivity contribution is -0.144. The minimum atomic E-state index is -0.927. The van der Waals surface area contributed by atoms with E-state index in [1.165, 1.54) is 12.1 Å². The van der Waals surface area contributed by atoms with Crippen molar-refractivity contribution in [1.29, 1.82) is 0 Å². The molecule has 9 N–H and O–H groups in total. The van der Waals surface area contributed by atoms with Crippen LogP contribution in [0.4, 0.5) is 0 Å². The Bertz CT molecular complexity index is 1100. The largest absolute Gasteiger partial charge is 0.508 e. The lowest BCUT2D eigenvalue weighted by Crippen LogP contribution is -2.58. The number of amides is 3. The van der Waals surface area contributed by atoms with E-state index in [2.05, 4.69) is 22.5 Å². The van der Waals surface area contributed by atoms with Gasteiger partial charge in [0.05, 0.1) is 18.8 Å². The van der Waals surface area contributed by atoms with E-state index >= 15 is 0 Å². The van der Waals surface area contributed by atoms with E-state index in [1.54, 1.807) is 17.0 Å². The van der Waals surface area contributed by atoms with Crippen LogP contribution in [0.3, 0.4) is 0 Å². The Labute approximate surface area is 260 Å². The van der Waals surface area contributed by atoms with Crippen molar-refractivity contribution in [2.75, 3.05) is 13.2 Å². The maximum absolute atomic E-state index is 14.4. The second kappa shape index (κ2) is 17.8. The third kappa shape index (κ3) is 10.7. The number of hydrogen-bond acceptors (Lipinski definition) is 7. The lowest BCUT2D eigenvalue weighted by Gasteiger charge is -2.37. The highest BCUT2D eigenvalue weighted by molar-refractivity contribution is 5.93. The molecule has 6 atom stereocenters. The van der Waals surface area contributed by atoms with Gasteiger partial charge >= 0.3 is 0 Å². The van der Waals surface area contributed by atoms with Crippen molar-refractivity contribution in [2.45, 2.75) is 121 Å². The zero-order valence-corrected chi connectivity index (χ0v) is 26.0. The molecule has 1 saturated carbocycles. The molecule has 1 aliphatic heterocycles. The number of phenolic OH excluding ortho intramolecular Hbond substituents is 1. The Kier molecular flexibility index (Phi) is 14.2. The molecule has 44 heavy (non-hydrogen) atoms. The maximum Gasteiger partial charge on any atom is 0.246 e. The molecule has 6 unspecified atom stereocenters. The van der Waals surface area contributed by atoms with Crippen molar-refractivity contribution in [2.24, 2.45) is 22.4 Å². The summed E-state index contributed by atoms with van der Waals surface area (Å²) >= 11 is 0. The molecular formula is C32H52N6O6. The number of nitrogens with zero attached hydrogens (tertiary/aromatic N) is 2. The van der Waals surface area contributed by atoms with Gasteiger partial charge in [-0.1, -0.05) is 44.7 Å². The van der Waals surface area contributed by atoms with E-state index in [0.717, 1.165) is 37.7 Å². The molecule has 2 aliphatic rings. The molecule has 3 amide bonds. The molecule has 0 bridgehead atoms. The summed E-state index contributed by atoms with van der Waals surface area (Å²) in [6.45, 7) is 2.21. The van der Waals surface area contributed by atoms with E-state index in [0.29, 0.717) is 51.5 Å². The second-order valence-corrected chi connectivity index (χ2v) is 12.3. The molecule has 246 valence electrons. The lowest BCUT2D eigenvalue weighted by atomic mass is 9.83. The van der Waals surface area contributed by atoms with Gasteiger partial charge in [-0.2, -0.15) is 0 Å². The predicted octanol–water partition coefficient (Wildman–Crippen LogP) is 1.44. The first kappa shape index (κ1) is 35.1. The normalized spacial score (nSPS) is 22.5. The molecule has 12 heteroatoms. The molecule has 0 aromatic heterocycles. The van der Waals surface area contributed by atoms with Crippen molar-refractivity contribution >= 4 is 23.7 Å². The first-order valence-corrected chi connectivity index (χ1v) is 16.2. The fraction of sp³-hybridized carbons (Fsp3) is 0.688. The van der Waals surface area contributed by atoms with Crippen LogP contribution in [-0.2, 0) is 20.8 Å². The van der Waals surface area contributed by atoms with Crippen LogP contribution < -0.4 is 22.1 Å². The van der Waals surface area contributed by atoms with Gasteiger partial charge in [0, 0.05) is 25.4 Å². The van der Waals surface area contributed by atoms with E-state index in [1.807, 2.05) is 0 Å². The number of fused-ring (bicyclic) bond motifs is 1. The number of aliphatic hydroxyl groups excluding tert-OH is 2. The van der Waals surface area contributed by atoms with Crippen LogP contribution in [0.2, 0.25) is 0 Å². The Morgan fingerprint density at radius 1 is 1.02 bits per heavy atom. The number of aromatic hydroxyl groups is 1. The van der Waals surface area contributed by atoms with E-state index in [4.69, 9.17) is 11.5 Å². The number of nitrogens with one attached hydrogen (secondary N) is 2. The summed E-state index contributed by atoms with van der Waals surface area (Å²) in [7, 11) is 0. The van der Waals surface area contributed by atoms with E-state index in [-0.39, 0.29) is 54.4 Å². The number of phenols is 1. The summed E-state index contributed by atoms with van der Waals surface area (Å²) in [5, 5.41) is 36.1. The third-order valence-electron chi connectivity index (χ3n) is 8.79. The highest BCUT2D eigenvalue weighted by Crippen LogP contribution is 2.40. The molecule has 1 aromatic carbocycles. The van der Waals surface area contributed by atoms with Gasteiger partial charge in [-0.25, -0.2) is 0 Å². The number of guanidine groups is 1. The van der Waals surface area contributed by atoms with Gasteiger partial charge in [0.1, 0.15) is 17.8 Å². The van der Waals surface area contributed by atoms with Crippen molar-refractivity contribution in [3.8, 4) is 5.75 Å². The number of benzene rings is 1. The maximum atomic E-state index is 14.4. The number of aliphatic imine (C=N–C) groups is 1. The van der Waals surface area contributed by atoms with Gasteiger partial charge in [0.25, 0.3) is 0 Å². The topological polar surface area (TPSA) is 204 Å². The van der Waals surface area contributed by atoms with E-state index < -0.39 is 24.2 Å². The summed E-state index contributed by atoms with van der Waals surface area (Å²) in [5.41, 5.74) is 11.5. The number of hydrogen-bond donors (Lipinski definition) is 7. The highest BCUT2D eigenvalue weighted by atomic mass is 16.3. The Morgan fingerprint density at radius 3 is 2.43 bits per heavy atom. The van der Waals surface area contributed by atoms with Gasteiger partial charge in [-0.05, 0) is 68.6 Å². The number of aliphatic hydroxyl groups is 2. The number of rotatable bonds is 17. The number of nitrogens with two attached hydrogens (primary N) is 2. The monoisotopic (exact) mass is 616 g/mol. The van der Waals surface area contributed by atoms with Crippen LogP contribution in [0, 0.1) is 5.92 Å². The van der Waals surface area contributed by atoms with Gasteiger partial charge in [0.2, 0.25) is 17.7 Å². The molecule has 1 saturated heterocycles. The summed E-state index contributed by atoms with van der Waals surface area (Å²) in [5.74, 6) is -0.845. The van der Waals surface area contributed by atoms with Crippen LogP contribution in [-0.4, -0.2) is 87.3 Å². The predicted molar refractivity (Wildman–Crippen MR) is 168 cm³/mol. The Morgan fingerprint density at radius 2 is 1.75 bits per heavy atom. The van der Waals surface area contributed by atoms with Crippen LogP contribution in [0.15, 0.2) is 29.3 Å². The average molecular weight is 617 g/mol. The smallest absolute Gasteiger partial charge is 0.246 e. The minimum absolute atomic E-state index is 0.0232. The standard InChI is InChI=1S/C32H52N6O6/c1-2-3-4-5-6-9-29(42)37-26(17-21-10-13-24(40)14-11-21)31(44)38-27-19-25(41)15-12-22(27)18-28(38)30(43)36-23(20-39)8-7-16-35-32(33)34/h10-11,13-14,22-23,25-28,39-41H,2-9,12,15-20H2,1H3,(H,36,43)(H,37,42)(H4,33,34,35). The molecule has 1 aromatic rings. The molecule has 1 heterocycles. The van der Waals surface area contributed by atoms with Crippen molar-refractivity contribution in [1.82, 2.24) is 15.5 Å². The summed E-state index contributed by atoms with van der Waals surface area (Å²) in [6, 6.07) is 3.88. The quantitative estimate of drug-likeness (QED) is 0.0773. The van der Waals surface area contributed by atoms with E-state index in [9.17, 15) is 29.7 Å². The average Bonchev–Trinajstić information content (AvgIpc) is 3.37. The molecular weight excluding hydrogens is 564 g/mol.